The highest BCUT2D eigenvalue weighted by Gasteiger charge is 2.31. The molecule has 2 aromatic carbocycles. The highest BCUT2D eigenvalue weighted by molar-refractivity contribution is 5.92. The number of halogens is 3. The first-order valence-corrected chi connectivity index (χ1v) is 11.9. The molecule has 0 fully saturated rings. The summed E-state index contributed by atoms with van der Waals surface area (Å²) >= 11 is 0. The van der Waals surface area contributed by atoms with E-state index in [1.807, 2.05) is 13.8 Å². The zero-order valence-corrected chi connectivity index (χ0v) is 21.2. The molecule has 11 heteroatoms. The van der Waals surface area contributed by atoms with Crippen LogP contribution < -0.4 is 25.4 Å². The maximum Gasteiger partial charge on any atom is 0.416 e. The molecule has 0 atom stereocenters. The van der Waals surface area contributed by atoms with E-state index in [1.165, 1.54) is 25.4 Å². The second-order valence-corrected chi connectivity index (χ2v) is 8.75. The van der Waals surface area contributed by atoms with Gasteiger partial charge in [0.15, 0.2) is 0 Å². The van der Waals surface area contributed by atoms with E-state index in [0.29, 0.717) is 30.4 Å². The van der Waals surface area contributed by atoms with Crippen LogP contribution in [0.5, 0.6) is 17.2 Å². The van der Waals surface area contributed by atoms with Crippen molar-refractivity contribution < 1.29 is 32.2 Å². The molecule has 3 N–H and O–H groups in total. The average Bonchev–Trinajstić information content (AvgIpc) is 2.88. The average molecular weight is 531 g/mol. The number of hydrogen-bond acceptors (Lipinski definition) is 5. The number of anilines is 1. The summed E-state index contributed by atoms with van der Waals surface area (Å²) in [6.07, 6.45) is -2.39. The molecule has 0 saturated heterocycles. The molecule has 202 valence electrons. The lowest BCUT2D eigenvalue weighted by Crippen LogP contribution is -2.28. The molecule has 0 aliphatic heterocycles. The second-order valence-electron chi connectivity index (χ2n) is 8.75. The van der Waals surface area contributed by atoms with Gasteiger partial charge in [-0.05, 0) is 54.3 Å². The molecular weight excluding hydrogens is 501 g/mol. The second kappa shape index (κ2) is 12.8. The lowest BCUT2D eigenvalue weighted by Gasteiger charge is -2.16. The van der Waals surface area contributed by atoms with E-state index in [0.717, 1.165) is 17.7 Å². The Morgan fingerprint density at radius 2 is 1.74 bits per heavy atom. The fourth-order valence-electron chi connectivity index (χ4n) is 3.22. The summed E-state index contributed by atoms with van der Waals surface area (Å²) in [6.45, 7) is 4.43. The Bertz CT molecular complexity index is 1250. The maximum absolute atomic E-state index is 13.2. The summed E-state index contributed by atoms with van der Waals surface area (Å²) in [7, 11) is 1.50. The van der Waals surface area contributed by atoms with Gasteiger partial charge in [-0.2, -0.15) is 13.2 Å². The number of alkyl halides is 3. The largest absolute Gasteiger partial charge is 0.491 e. The maximum atomic E-state index is 13.2. The van der Waals surface area contributed by atoms with E-state index >= 15 is 0 Å². The summed E-state index contributed by atoms with van der Waals surface area (Å²) in [5.41, 5.74) is -0.0219. The fraction of sp³-hybridized carbons (Fsp3) is 0.296. The number of ether oxygens (including phenoxy) is 2. The topological polar surface area (TPSA) is 102 Å². The van der Waals surface area contributed by atoms with Crippen LogP contribution in [0.2, 0.25) is 0 Å². The van der Waals surface area contributed by atoms with E-state index < -0.39 is 17.8 Å². The molecule has 3 rings (SSSR count). The standard InChI is InChI=1S/C27H29F3N4O4/c1-17(2)11-13-37-24-9-6-19(27(28,29)30)14-22(24)34-26(36)33-16-18-4-7-20(8-5-18)38-21-10-12-32-23(15-21)25(35)31-3/h4-10,12,14-15,17H,11,13,16H2,1-3H3,(H,31,35)(H2,33,34,36). The molecule has 3 aromatic rings. The number of rotatable bonds is 10. The van der Waals surface area contributed by atoms with Gasteiger partial charge in [-0.25, -0.2) is 4.79 Å². The van der Waals surface area contributed by atoms with E-state index in [1.54, 1.807) is 30.3 Å². The Balaban J connectivity index is 1.60. The van der Waals surface area contributed by atoms with Gasteiger partial charge >= 0.3 is 12.2 Å². The van der Waals surface area contributed by atoms with Gasteiger partial charge in [0.25, 0.3) is 5.91 Å². The fourth-order valence-corrected chi connectivity index (χ4v) is 3.22. The van der Waals surface area contributed by atoms with Gasteiger partial charge in [0, 0.05) is 25.9 Å². The molecule has 0 unspecified atom stereocenters. The SMILES string of the molecule is CNC(=O)c1cc(Oc2ccc(CNC(=O)Nc3cc(C(F)(F)F)ccc3OCCC(C)C)cc2)ccn1. The Morgan fingerprint density at radius 3 is 2.39 bits per heavy atom. The number of pyridine rings is 1. The monoisotopic (exact) mass is 530 g/mol. The minimum Gasteiger partial charge on any atom is -0.491 e. The van der Waals surface area contributed by atoms with Crippen LogP contribution in [0.25, 0.3) is 0 Å². The number of amides is 3. The first kappa shape index (κ1) is 28.3. The number of aromatic nitrogens is 1. The van der Waals surface area contributed by atoms with Crippen LogP contribution in [0.3, 0.4) is 0 Å². The third-order valence-corrected chi connectivity index (χ3v) is 5.31. The Kier molecular flexibility index (Phi) is 9.53. The van der Waals surface area contributed by atoms with E-state index in [-0.39, 0.29) is 29.6 Å². The van der Waals surface area contributed by atoms with Crippen LogP contribution in [0.15, 0.2) is 60.8 Å². The number of carbonyl (C=O) groups excluding carboxylic acids is 2. The van der Waals surface area contributed by atoms with Gasteiger partial charge in [-0.15, -0.1) is 0 Å². The molecule has 0 radical (unpaired) electrons. The van der Waals surface area contributed by atoms with Crippen molar-refractivity contribution in [3.05, 3.63) is 77.6 Å². The number of carbonyl (C=O) groups is 2. The molecule has 8 nitrogen and oxygen atoms in total. The number of benzene rings is 2. The minimum atomic E-state index is -4.56. The van der Waals surface area contributed by atoms with Crippen molar-refractivity contribution in [3.8, 4) is 17.2 Å². The third-order valence-electron chi connectivity index (χ3n) is 5.31. The molecular formula is C27H29F3N4O4. The van der Waals surface area contributed by atoms with Crippen molar-refractivity contribution in [3.63, 3.8) is 0 Å². The minimum absolute atomic E-state index is 0.0710. The zero-order chi connectivity index (χ0) is 27.7. The summed E-state index contributed by atoms with van der Waals surface area (Å²) in [4.78, 5) is 28.2. The molecule has 3 amide bonds. The van der Waals surface area contributed by atoms with Gasteiger partial charge in [0.2, 0.25) is 0 Å². The molecule has 1 aromatic heterocycles. The highest BCUT2D eigenvalue weighted by atomic mass is 19.4. The number of urea groups is 1. The molecule has 0 bridgehead atoms. The van der Waals surface area contributed by atoms with Crippen LogP contribution in [0, 0.1) is 5.92 Å². The van der Waals surface area contributed by atoms with E-state index in [9.17, 15) is 22.8 Å². The first-order chi connectivity index (χ1) is 18.0. The van der Waals surface area contributed by atoms with Crippen LogP contribution in [-0.2, 0) is 12.7 Å². The molecule has 0 aliphatic rings. The number of nitrogens with one attached hydrogen (secondary N) is 3. The first-order valence-electron chi connectivity index (χ1n) is 11.9. The highest BCUT2D eigenvalue weighted by Crippen LogP contribution is 2.35. The van der Waals surface area contributed by atoms with Crippen molar-refractivity contribution in [2.75, 3.05) is 19.0 Å². The Morgan fingerprint density at radius 1 is 1.00 bits per heavy atom. The molecule has 0 saturated carbocycles. The molecule has 0 spiro atoms. The van der Waals surface area contributed by atoms with E-state index in [2.05, 4.69) is 20.9 Å². The van der Waals surface area contributed by atoms with Crippen LogP contribution in [-0.4, -0.2) is 30.6 Å². The smallest absolute Gasteiger partial charge is 0.416 e. The summed E-state index contributed by atoms with van der Waals surface area (Å²) in [5, 5.41) is 7.57. The normalized spacial score (nSPS) is 11.1. The van der Waals surface area contributed by atoms with E-state index in [4.69, 9.17) is 9.47 Å². The summed E-state index contributed by atoms with van der Waals surface area (Å²) in [5.74, 6) is 1.10. The van der Waals surface area contributed by atoms with Gasteiger partial charge in [0.1, 0.15) is 22.9 Å². The van der Waals surface area contributed by atoms with Crippen molar-refractivity contribution in [2.45, 2.75) is 33.0 Å². The molecule has 0 aliphatic carbocycles. The molecule has 38 heavy (non-hydrogen) atoms. The number of hydrogen-bond donors (Lipinski definition) is 3. The van der Waals surface area contributed by atoms with Crippen molar-refractivity contribution in [1.29, 1.82) is 0 Å². The van der Waals surface area contributed by atoms with Crippen LogP contribution in [0.4, 0.5) is 23.7 Å². The lowest BCUT2D eigenvalue weighted by atomic mass is 10.1. The predicted molar refractivity (Wildman–Crippen MR) is 136 cm³/mol. The summed E-state index contributed by atoms with van der Waals surface area (Å²) < 4.78 is 51.0. The summed E-state index contributed by atoms with van der Waals surface area (Å²) in [6, 6.07) is 12.2. The van der Waals surface area contributed by atoms with Gasteiger partial charge in [0.05, 0.1) is 17.9 Å². The molecule has 1 heterocycles. The van der Waals surface area contributed by atoms with Crippen LogP contribution in [0.1, 0.15) is 41.9 Å². The van der Waals surface area contributed by atoms with Crippen LogP contribution >= 0.6 is 0 Å². The Labute approximate surface area is 218 Å². The predicted octanol–water partition coefficient (Wildman–Crippen LogP) is 6.00. The van der Waals surface area contributed by atoms with Gasteiger partial charge in [-0.1, -0.05) is 26.0 Å². The van der Waals surface area contributed by atoms with Crippen molar-refractivity contribution >= 4 is 17.6 Å². The lowest BCUT2D eigenvalue weighted by molar-refractivity contribution is -0.137. The van der Waals surface area contributed by atoms with Gasteiger partial charge < -0.3 is 25.4 Å². The van der Waals surface area contributed by atoms with Gasteiger partial charge in [-0.3, -0.25) is 9.78 Å². The quantitative estimate of drug-likeness (QED) is 0.299. The van der Waals surface area contributed by atoms with Crippen molar-refractivity contribution in [2.24, 2.45) is 5.92 Å². The zero-order valence-electron chi connectivity index (χ0n) is 21.2. The third kappa shape index (κ3) is 8.39. The van der Waals surface area contributed by atoms with Crippen molar-refractivity contribution in [1.82, 2.24) is 15.6 Å². The number of nitrogens with zero attached hydrogens (tertiary/aromatic N) is 1. The Hall–Kier alpha value is -4.28.